The maximum atomic E-state index is 16.5. The van der Waals surface area contributed by atoms with Crippen LogP contribution >= 0.6 is 18.5 Å². The molecule has 2 aliphatic rings. The minimum Gasteiger partial charge on any atom is -0.457 e. The second-order valence-corrected chi connectivity index (χ2v) is 20.4. The maximum absolute atomic E-state index is 16.5. The summed E-state index contributed by atoms with van der Waals surface area (Å²) in [5.74, 6) is 3.33. The normalized spacial score (nSPS) is 16.9. The molecule has 0 bridgehead atoms. The summed E-state index contributed by atoms with van der Waals surface area (Å²) < 4.78 is 25.9. The Morgan fingerprint density at radius 2 is 0.954 bits per heavy atom. The highest BCUT2D eigenvalue weighted by molar-refractivity contribution is 7.85. The molecule has 2 aliphatic heterocycles. The minimum absolute atomic E-state index is 0.590. The lowest BCUT2D eigenvalue weighted by atomic mass is 9.63. The number of thiophene rings is 1. The molecule has 9 aromatic carbocycles. The van der Waals surface area contributed by atoms with Gasteiger partial charge >= 0.3 is 0 Å². The highest BCUT2D eigenvalue weighted by Gasteiger charge is 2.54. The summed E-state index contributed by atoms with van der Waals surface area (Å²) in [4.78, 5) is 15.0. The standard InChI is InChI=1S/C58H36N3O2PS/c62-64(42-23-8-3-9-24-42)51-29-14-12-27-47(51)58(48-35-44-43-25-10-15-30-53(43)65-54(44)36-52(48)64)45-26-11-13-28-49(45)63-50-34-40(31-32-46(50)58)39-21-16-22-41(33-39)57-60-55(37-17-4-1-5-18-37)59-56(61-57)38-19-6-2-7-20-38/h1-36H. The zero-order valence-electron chi connectivity index (χ0n) is 34.8. The van der Waals surface area contributed by atoms with E-state index < -0.39 is 12.6 Å². The van der Waals surface area contributed by atoms with E-state index in [0.717, 1.165) is 87.6 Å². The summed E-state index contributed by atoms with van der Waals surface area (Å²) >= 11 is 1.76. The number of aromatic nitrogens is 3. The molecule has 2 atom stereocenters. The summed E-state index contributed by atoms with van der Waals surface area (Å²) in [6, 6.07) is 75.1. The van der Waals surface area contributed by atoms with E-state index in [0.29, 0.717) is 17.5 Å². The molecule has 11 aromatic rings. The highest BCUT2D eigenvalue weighted by Crippen LogP contribution is 2.62. The smallest absolute Gasteiger partial charge is 0.171 e. The van der Waals surface area contributed by atoms with Crippen molar-refractivity contribution in [2.75, 3.05) is 0 Å². The van der Waals surface area contributed by atoms with Crippen molar-refractivity contribution in [1.82, 2.24) is 15.0 Å². The van der Waals surface area contributed by atoms with Gasteiger partial charge in [0.25, 0.3) is 0 Å². The molecule has 0 aliphatic carbocycles. The minimum atomic E-state index is -3.40. The van der Waals surface area contributed by atoms with E-state index in [1.807, 2.05) is 103 Å². The predicted molar refractivity (Wildman–Crippen MR) is 266 cm³/mol. The van der Waals surface area contributed by atoms with Crippen molar-refractivity contribution < 1.29 is 9.30 Å². The van der Waals surface area contributed by atoms with Crippen molar-refractivity contribution in [3.8, 4) is 56.8 Å². The molecule has 4 heterocycles. The third-order valence-electron chi connectivity index (χ3n) is 13.1. The summed E-state index contributed by atoms with van der Waals surface area (Å²) in [6.45, 7) is 0. The average Bonchev–Trinajstić information content (AvgIpc) is 3.75. The Morgan fingerprint density at radius 1 is 0.385 bits per heavy atom. The van der Waals surface area contributed by atoms with Gasteiger partial charge in [-0.15, -0.1) is 11.3 Å². The Kier molecular flexibility index (Phi) is 8.51. The van der Waals surface area contributed by atoms with E-state index in [1.165, 1.54) is 10.1 Å². The number of para-hydroxylation sites is 1. The first-order valence-corrected chi connectivity index (χ1v) is 24.2. The Balaban J connectivity index is 1.04. The van der Waals surface area contributed by atoms with Gasteiger partial charge in [0.15, 0.2) is 24.6 Å². The average molecular weight is 870 g/mol. The van der Waals surface area contributed by atoms with Crippen molar-refractivity contribution >= 4 is 54.6 Å². The molecule has 0 N–H and O–H groups in total. The fourth-order valence-electron chi connectivity index (χ4n) is 10.2. The number of benzene rings is 9. The van der Waals surface area contributed by atoms with E-state index in [4.69, 9.17) is 19.7 Å². The first-order valence-electron chi connectivity index (χ1n) is 21.7. The van der Waals surface area contributed by atoms with Gasteiger partial charge in [-0.3, -0.25) is 0 Å². The molecule has 306 valence electrons. The van der Waals surface area contributed by atoms with Crippen LogP contribution in [0.1, 0.15) is 22.3 Å². The maximum Gasteiger partial charge on any atom is 0.171 e. The monoisotopic (exact) mass is 869 g/mol. The van der Waals surface area contributed by atoms with Crippen molar-refractivity contribution in [3.05, 3.63) is 241 Å². The van der Waals surface area contributed by atoms with Crippen LogP contribution in [0.2, 0.25) is 0 Å². The largest absolute Gasteiger partial charge is 0.457 e. The van der Waals surface area contributed by atoms with Gasteiger partial charge in [-0.25, -0.2) is 15.0 Å². The van der Waals surface area contributed by atoms with Crippen LogP contribution in [0.15, 0.2) is 218 Å². The molecule has 5 nitrogen and oxygen atoms in total. The fraction of sp³-hybridized carbons (Fsp3) is 0.0172. The second kappa shape index (κ2) is 14.6. The van der Waals surface area contributed by atoms with Crippen LogP contribution in [0, 0.1) is 0 Å². The van der Waals surface area contributed by atoms with Crippen LogP contribution in [0.25, 0.3) is 65.5 Å². The number of hydrogen-bond acceptors (Lipinski definition) is 6. The lowest BCUT2D eigenvalue weighted by molar-refractivity contribution is 0.435. The number of fused-ring (bicyclic) bond motifs is 11. The zero-order valence-corrected chi connectivity index (χ0v) is 36.5. The lowest BCUT2D eigenvalue weighted by Crippen LogP contribution is -2.47. The van der Waals surface area contributed by atoms with Crippen LogP contribution < -0.4 is 20.7 Å². The topological polar surface area (TPSA) is 65.0 Å². The Morgan fingerprint density at radius 3 is 1.71 bits per heavy atom. The van der Waals surface area contributed by atoms with E-state index in [2.05, 4.69) is 115 Å². The van der Waals surface area contributed by atoms with Crippen molar-refractivity contribution in [2.45, 2.75) is 5.41 Å². The van der Waals surface area contributed by atoms with Gasteiger partial charge in [0.05, 0.1) is 5.41 Å². The first-order chi connectivity index (χ1) is 32.1. The number of ether oxygens (including phenoxy) is 1. The zero-order chi connectivity index (χ0) is 43.1. The Hall–Kier alpha value is -7.76. The second-order valence-electron chi connectivity index (χ2n) is 16.6. The van der Waals surface area contributed by atoms with Gasteiger partial charge in [0.2, 0.25) is 0 Å². The SMILES string of the molecule is O=P1(c2ccccc2)c2ccccc2C2(c3ccccc3Oc3cc(-c4cccc(-c5nc(-c6ccccc6)nc(-c6ccccc6)n5)c4)ccc32)c2cc3c(cc21)sc1ccccc13. The van der Waals surface area contributed by atoms with Crippen molar-refractivity contribution in [1.29, 1.82) is 0 Å². The molecular formula is C58H36N3O2PS. The van der Waals surface area contributed by atoms with Crippen LogP contribution in [0.5, 0.6) is 11.5 Å². The van der Waals surface area contributed by atoms with Crippen LogP contribution in [-0.4, -0.2) is 15.0 Å². The van der Waals surface area contributed by atoms with Gasteiger partial charge in [0, 0.05) is 63.9 Å². The molecule has 65 heavy (non-hydrogen) atoms. The Labute approximate surface area is 379 Å². The summed E-state index contributed by atoms with van der Waals surface area (Å²) in [6.07, 6.45) is 0. The summed E-state index contributed by atoms with van der Waals surface area (Å²) in [7, 11) is -3.40. The molecular weight excluding hydrogens is 834 g/mol. The first kappa shape index (κ1) is 37.8. The lowest BCUT2D eigenvalue weighted by Gasteiger charge is -2.47. The molecule has 0 amide bonds. The van der Waals surface area contributed by atoms with Gasteiger partial charge in [-0.2, -0.15) is 0 Å². The molecule has 1 spiro atoms. The van der Waals surface area contributed by atoms with Crippen molar-refractivity contribution in [2.24, 2.45) is 0 Å². The van der Waals surface area contributed by atoms with E-state index in [9.17, 15) is 0 Å². The van der Waals surface area contributed by atoms with E-state index in [-0.39, 0.29) is 0 Å². The fourth-order valence-corrected chi connectivity index (χ4v) is 14.5. The molecule has 13 rings (SSSR count). The number of rotatable bonds is 5. The number of nitrogens with zero attached hydrogens (tertiary/aromatic N) is 3. The molecule has 2 aromatic heterocycles. The van der Waals surface area contributed by atoms with Gasteiger partial charge < -0.3 is 9.30 Å². The third kappa shape index (κ3) is 5.71. The van der Waals surface area contributed by atoms with E-state index in [1.54, 1.807) is 11.3 Å². The molecule has 0 radical (unpaired) electrons. The predicted octanol–water partition coefficient (Wildman–Crippen LogP) is 13.3. The van der Waals surface area contributed by atoms with Gasteiger partial charge in [-0.05, 0) is 58.7 Å². The van der Waals surface area contributed by atoms with Crippen LogP contribution in [0.4, 0.5) is 0 Å². The number of hydrogen-bond donors (Lipinski definition) is 0. The van der Waals surface area contributed by atoms with Gasteiger partial charge in [0.1, 0.15) is 11.5 Å². The Bertz CT molecular complexity index is 3680. The quantitative estimate of drug-likeness (QED) is 0.161. The van der Waals surface area contributed by atoms with E-state index >= 15 is 4.57 Å². The van der Waals surface area contributed by atoms with Crippen LogP contribution in [-0.2, 0) is 9.98 Å². The molecule has 0 saturated heterocycles. The van der Waals surface area contributed by atoms with Crippen molar-refractivity contribution in [3.63, 3.8) is 0 Å². The summed E-state index contributed by atoms with van der Waals surface area (Å²) in [5, 5.41) is 4.89. The molecule has 0 saturated carbocycles. The highest BCUT2D eigenvalue weighted by atomic mass is 32.1. The molecule has 7 heteroatoms. The molecule has 2 unspecified atom stereocenters. The van der Waals surface area contributed by atoms with Crippen LogP contribution in [0.3, 0.4) is 0 Å². The molecule has 0 fully saturated rings. The van der Waals surface area contributed by atoms with Gasteiger partial charge in [-0.1, -0.05) is 182 Å². The summed E-state index contributed by atoms with van der Waals surface area (Å²) in [5.41, 5.74) is 7.88. The third-order valence-corrected chi connectivity index (χ3v) is 17.3.